The first-order valence-electron chi connectivity index (χ1n) is 7.78. The average molecular weight is 282 g/mol. The molecule has 0 radical (unpaired) electrons. The maximum absolute atomic E-state index is 12.4. The van der Waals surface area contributed by atoms with Crippen LogP contribution in [0.15, 0.2) is 0 Å². The number of urea groups is 1. The minimum absolute atomic E-state index is 0.0596. The molecular formula is C15H26N2O3. The molecule has 0 spiro atoms. The van der Waals surface area contributed by atoms with Crippen molar-refractivity contribution in [1.82, 2.24) is 10.2 Å². The van der Waals surface area contributed by atoms with Crippen LogP contribution in [-0.4, -0.2) is 40.6 Å². The first-order valence-corrected chi connectivity index (χ1v) is 7.78. The first-order chi connectivity index (χ1) is 9.49. The van der Waals surface area contributed by atoms with Crippen molar-refractivity contribution in [1.29, 1.82) is 0 Å². The average Bonchev–Trinajstić information content (AvgIpc) is 2.82. The molecule has 2 N–H and O–H groups in total. The van der Waals surface area contributed by atoms with Crippen LogP contribution in [0.5, 0.6) is 0 Å². The predicted molar refractivity (Wildman–Crippen MR) is 76.5 cm³/mol. The molecule has 2 fully saturated rings. The van der Waals surface area contributed by atoms with Crippen molar-refractivity contribution in [2.24, 2.45) is 11.8 Å². The maximum atomic E-state index is 12.4. The zero-order chi connectivity index (χ0) is 14.7. The maximum Gasteiger partial charge on any atom is 0.317 e. The molecule has 20 heavy (non-hydrogen) atoms. The quantitative estimate of drug-likeness (QED) is 0.835. The van der Waals surface area contributed by atoms with Crippen LogP contribution in [-0.2, 0) is 4.79 Å². The van der Waals surface area contributed by atoms with Crippen LogP contribution in [0.4, 0.5) is 4.79 Å². The molecular weight excluding hydrogens is 256 g/mol. The highest BCUT2D eigenvalue weighted by Gasteiger charge is 2.34. The zero-order valence-corrected chi connectivity index (χ0v) is 12.5. The third-order valence-electron chi connectivity index (χ3n) is 5.06. The Morgan fingerprint density at radius 3 is 2.65 bits per heavy atom. The number of likely N-dealkylation sites (tertiary alicyclic amines) is 1. The minimum Gasteiger partial charge on any atom is -0.481 e. The van der Waals surface area contributed by atoms with E-state index in [0.29, 0.717) is 18.4 Å². The zero-order valence-electron chi connectivity index (χ0n) is 12.5. The van der Waals surface area contributed by atoms with E-state index >= 15 is 0 Å². The lowest BCUT2D eigenvalue weighted by molar-refractivity contribution is -0.137. The predicted octanol–water partition coefficient (Wildman–Crippen LogP) is 2.46. The molecule has 1 heterocycles. The summed E-state index contributed by atoms with van der Waals surface area (Å²) in [7, 11) is 0. The number of hydrogen-bond donors (Lipinski definition) is 2. The van der Waals surface area contributed by atoms with Gasteiger partial charge in [-0.1, -0.05) is 26.7 Å². The van der Waals surface area contributed by atoms with Crippen LogP contribution in [0.2, 0.25) is 0 Å². The van der Waals surface area contributed by atoms with Crippen molar-refractivity contribution in [2.75, 3.05) is 6.54 Å². The molecule has 2 rings (SSSR count). The normalized spacial score (nSPS) is 34.0. The fraction of sp³-hybridized carbons (Fsp3) is 0.867. The summed E-state index contributed by atoms with van der Waals surface area (Å²) in [5, 5.41) is 12.1. The van der Waals surface area contributed by atoms with Crippen LogP contribution >= 0.6 is 0 Å². The molecule has 4 unspecified atom stereocenters. The number of carboxylic acid groups (broad SMARTS) is 1. The lowest BCUT2D eigenvalue weighted by atomic mass is 9.78. The molecule has 2 amide bonds. The third kappa shape index (κ3) is 3.44. The topological polar surface area (TPSA) is 69.6 Å². The van der Waals surface area contributed by atoms with Crippen molar-refractivity contribution in [3.05, 3.63) is 0 Å². The van der Waals surface area contributed by atoms with E-state index in [9.17, 15) is 9.59 Å². The summed E-state index contributed by atoms with van der Waals surface area (Å²) < 4.78 is 0. The van der Waals surface area contributed by atoms with Gasteiger partial charge in [0.15, 0.2) is 0 Å². The molecule has 1 aliphatic heterocycles. The Morgan fingerprint density at radius 1 is 1.20 bits per heavy atom. The van der Waals surface area contributed by atoms with Crippen molar-refractivity contribution >= 4 is 12.0 Å². The summed E-state index contributed by atoms with van der Waals surface area (Å²) in [5.74, 6) is 0.310. The smallest absolute Gasteiger partial charge is 0.317 e. The van der Waals surface area contributed by atoms with Gasteiger partial charge in [-0.05, 0) is 31.1 Å². The number of nitrogens with one attached hydrogen (secondary N) is 1. The van der Waals surface area contributed by atoms with E-state index in [4.69, 9.17) is 5.11 Å². The largest absolute Gasteiger partial charge is 0.481 e. The van der Waals surface area contributed by atoms with E-state index in [1.165, 1.54) is 6.42 Å². The monoisotopic (exact) mass is 282 g/mol. The first kappa shape index (κ1) is 15.1. The van der Waals surface area contributed by atoms with Gasteiger partial charge in [0.2, 0.25) is 0 Å². The molecule has 5 nitrogen and oxygen atoms in total. The van der Waals surface area contributed by atoms with Gasteiger partial charge in [0.05, 0.1) is 6.42 Å². The Kier molecular flexibility index (Phi) is 4.89. The van der Waals surface area contributed by atoms with E-state index in [1.54, 1.807) is 4.90 Å². The van der Waals surface area contributed by atoms with Crippen molar-refractivity contribution in [3.8, 4) is 0 Å². The van der Waals surface area contributed by atoms with Gasteiger partial charge < -0.3 is 15.3 Å². The summed E-state index contributed by atoms with van der Waals surface area (Å²) in [6, 6.07) is 0.0286. The molecule has 1 saturated heterocycles. The second-order valence-electron chi connectivity index (χ2n) is 6.41. The van der Waals surface area contributed by atoms with Gasteiger partial charge in [-0.25, -0.2) is 4.79 Å². The van der Waals surface area contributed by atoms with E-state index in [0.717, 1.165) is 25.7 Å². The molecule has 114 valence electrons. The van der Waals surface area contributed by atoms with Crippen LogP contribution < -0.4 is 5.32 Å². The minimum atomic E-state index is -0.825. The summed E-state index contributed by atoms with van der Waals surface area (Å²) >= 11 is 0. The van der Waals surface area contributed by atoms with Gasteiger partial charge >= 0.3 is 12.0 Å². The van der Waals surface area contributed by atoms with Crippen LogP contribution in [0.25, 0.3) is 0 Å². The van der Waals surface area contributed by atoms with Crippen LogP contribution in [0.1, 0.15) is 52.4 Å². The summed E-state index contributed by atoms with van der Waals surface area (Å²) in [6.45, 7) is 5.12. The Morgan fingerprint density at radius 2 is 1.95 bits per heavy atom. The van der Waals surface area contributed by atoms with E-state index < -0.39 is 5.97 Å². The molecule has 0 aromatic rings. The molecule has 5 heteroatoms. The van der Waals surface area contributed by atoms with Crippen molar-refractivity contribution < 1.29 is 14.7 Å². The van der Waals surface area contributed by atoms with Crippen LogP contribution in [0.3, 0.4) is 0 Å². The fourth-order valence-electron chi connectivity index (χ4n) is 3.54. The lowest BCUT2D eigenvalue weighted by Gasteiger charge is -2.36. The number of hydrogen-bond acceptors (Lipinski definition) is 2. The second-order valence-corrected chi connectivity index (χ2v) is 6.41. The molecule has 1 aliphatic carbocycles. The Bertz CT molecular complexity index is 372. The molecule has 0 aromatic heterocycles. The number of amides is 2. The van der Waals surface area contributed by atoms with Gasteiger partial charge in [0, 0.05) is 18.6 Å². The number of aliphatic carboxylic acids is 1. The summed E-state index contributed by atoms with van der Waals surface area (Å²) in [4.78, 5) is 25.0. The van der Waals surface area contributed by atoms with Gasteiger partial charge in [-0.2, -0.15) is 0 Å². The lowest BCUT2D eigenvalue weighted by Crippen LogP contribution is -2.50. The number of nitrogens with zero attached hydrogens (tertiary/aromatic N) is 1. The standard InChI is InChI=1S/C15H26N2O3/c1-10-5-3-7-13(11(10)2)16-15(20)17-8-4-6-12(17)9-14(18)19/h10-13H,3-9H2,1-2H3,(H,16,20)(H,18,19). The molecule has 0 aromatic carbocycles. The highest BCUT2D eigenvalue weighted by Crippen LogP contribution is 2.30. The second kappa shape index (κ2) is 6.46. The summed E-state index contributed by atoms with van der Waals surface area (Å²) in [5.41, 5.74) is 0. The van der Waals surface area contributed by atoms with Gasteiger partial charge in [0.25, 0.3) is 0 Å². The number of rotatable bonds is 3. The molecule has 2 aliphatic rings. The van der Waals surface area contributed by atoms with Gasteiger partial charge in [-0.15, -0.1) is 0 Å². The fourth-order valence-corrected chi connectivity index (χ4v) is 3.54. The Hall–Kier alpha value is -1.26. The number of carboxylic acids is 1. The van der Waals surface area contributed by atoms with E-state index in [-0.39, 0.29) is 24.5 Å². The Labute approximate surface area is 120 Å². The van der Waals surface area contributed by atoms with Crippen molar-refractivity contribution in [3.63, 3.8) is 0 Å². The Balaban J connectivity index is 1.92. The van der Waals surface area contributed by atoms with Gasteiger partial charge in [-0.3, -0.25) is 4.79 Å². The van der Waals surface area contributed by atoms with Gasteiger partial charge in [0.1, 0.15) is 0 Å². The van der Waals surface area contributed by atoms with E-state index in [2.05, 4.69) is 19.2 Å². The number of carbonyl (C=O) groups excluding carboxylic acids is 1. The van der Waals surface area contributed by atoms with E-state index in [1.807, 2.05) is 0 Å². The third-order valence-corrected chi connectivity index (χ3v) is 5.06. The van der Waals surface area contributed by atoms with Crippen LogP contribution in [0, 0.1) is 11.8 Å². The molecule has 1 saturated carbocycles. The molecule has 4 atom stereocenters. The highest BCUT2D eigenvalue weighted by atomic mass is 16.4. The molecule has 0 bridgehead atoms. The SMILES string of the molecule is CC1CCCC(NC(=O)N2CCCC2CC(=O)O)C1C. The number of carbonyl (C=O) groups is 2. The van der Waals surface area contributed by atoms with Crippen molar-refractivity contribution in [2.45, 2.75) is 64.5 Å². The summed E-state index contributed by atoms with van der Waals surface area (Å²) in [6.07, 6.45) is 5.20. The highest BCUT2D eigenvalue weighted by molar-refractivity contribution is 5.76.